The third-order valence-corrected chi connectivity index (χ3v) is 7.06. The van der Waals surface area contributed by atoms with E-state index in [2.05, 4.69) is 5.32 Å². The van der Waals surface area contributed by atoms with Gasteiger partial charge in [0.25, 0.3) is 0 Å². The maximum Gasteiger partial charge on any atom is 0.410 e. The molecule has 29 heavy (non-hydrogen) atoms. The Morgan fingerprint density at radius 3 is 2.14 bits per heavy atom. The molecule has 0 spiro atoms. The Morgan fingerprint density at radius 2 is 1.59 bits per heavy atom. The largest absolute Gasteiger partial charge is 0.444 e. The standard InChI is InChI=1S/C19H28N4O5S/c1-19(2,3)28-18(25)21-9-11-23(12-10-21)29(26,27)16-13-22(14-16)17(24)20-15-7-5-4-6-8-15/h4-8,16H,9-14H2,1-3H3,(H,20,24). The second kappa shape index (κ2) is 8.19. The zero-order valence-corrected chi connectivity index (χ0v) is 17.8. The first-order valence-corrected chi connectivity index (χ1v) is 11.1. The monoisotopic (exact) mass is 424 g/mol. The summed E-state index contributed by atoms with van der Waals surface area (Å²) in [6, 6.07) is 8.72. The number of para-hydroxylation sites is 1. The van der Waals surface area contributed by atoms with Gasteiger partial charge in [0, 0.05) is 45.0 Å². The minimum Gasteiger partial charge on any atom is -0.444 e. The average molecular weight is 425 g/mol. The van der Waals surface area contributed by atoms with Crippen LogP contribution < -0.4 is 5.32 Å². The molecule has 1 aromatic carbocycles. The molecule has 10 heteroatoms. The topological polar surface area (TPSA) is 99.3 Å². The summed E-state index contributed by atoms with van der Waals surface area (Å²) in [6.07, 6.45) is -0.429. The van der Waals surface area contributed by atoms with Crippen molar-refractivity contribution in [2.75, 3.05) is 44.6 Å². The molecule has 2 aliphatic heterocycles. The van der Waals surface area contributed by atoms with Crippen molar-refractivity contribution in [1.82, 2.24) is 14.1 Å². The van der Waals surface area contributed by atoms with Crippen molar-refractivity contribution >= 4 is 27.8 Å². The minimum absolute atomic E-state index is 0.160. The molecular weight excluding hydrogens is 396 g/mol. The van der Waals surface area contributed by atoms with Gasteiger partial charge in [-0.3, -0.25) is 0 Å². The SMILES string of the molecule is CC(C)(C)OC(=O)N1CCN(S(=O)(=O)C2CN(C(=O)Nc3ccccc3)C2)CC1. The molecule has 0 unspecified atom stereocenters. The summed E-state index contributed by atoms with van der Waals surface area (Å²) >= 11 is 0. The normalized spacial score (nSPS) is 18.9. The van der Waals surface area contributed by atoms with Crippen LogP contribution in [0.2, 0.25) is 0 Å². The lowest BCUT2D eigenvalue weighted by molar-refractivity contribution is 0.0191. The number of nitrogens with zero attached hydrogens (tertiary/aromatic N) is 3. The first-order chi connectivity index (χ1) is 13.6. The lowest BCUT2D eigenvalue weighted by Crippen LogP contribution is -2.62. The Morgan fingerprint density at radius 1 is 1.00 bits per heavy atom. The summed E-state index contributed by atoms with van der Waals surface area (Å²) in [7, 11) is -3.52. The van der Waals surface area contributed by atoms with Gasteiger partial charge in [0.15, 0.2) is 0 Å². The number of ether oxygens (including phenoxy) is 1. The Kier molecular flexibility index (Phi) is 6.04. The highest BCUT2D eigenvalue weighted by Crippen LogP contribution is 2.23. The fourth-order valence-electron chi connectivity index (χ4n) is 3.18. The number of hydrogen-bond acceptors (Lipinski definition) is 5. The quantitative estimate of drug-likeness (QED) is 0.797. The molecule has 9 nitrogen and oxygen atoms in total. The Balaban J connectivity index is 1.48. The smallest absolute Gasteiger partial charge is 0.410 e. The Bertz CT molecular complexity index is 839. The summed E-state index contributed by atoms with van der Waals surface area (Å²) < 4.78 is 32.4. The van der Waals surface area contributed by atoms with Gasteiger partial charge in [-0.1, -0.05) is 18.2 Å². The van der Waals surface area contributed by atoms with Crippen LogP contribution in [0.3, 0.4) is 0 Å². The highest BCUT2D eigenvalue weighted by atomic mass is 32.2. The summed E-state index contributed by atoms with van der Waals surface area (Å²) in [4.78, 5) is 27.4. The number of anilines is 1. The molecule has 0 bridgehead atoms. The van der Waals surface area contributed by atoms with Crippen LogP contribution in [-0.2, 0) is 14.8 Å². The van der Waals surface area contributed by atoms with Crippen molar-refractivity contribution < 1.29 is 22.7 Å². The van der Waals surface area contributed by atoms with E-state index in [1.165, 1.54) is 14.1 Å². The summed E-state index contributed by atoms with van der Waals surface area (Å²) in [5, 5.41) is 2.14. The molecule has 160 valence electrons. The predicted molar refractivity (Wildman–Crippen MR) is 109 cm³/mol. The maximum atomic E-state index is 12.8. The number of benzene rings is 1. The van der Waals surface area contributed by atoms with E-state index < -0.39 is 27.0 Å². The summed E-state index contributed by atoms with van der Waals surface area (Å²) in [5.41, 5.74) is 0.0813. The van der Waals surface area contributed by atoms with E-state index in [1.54, 1.807) is 32.9 Å². The van der Waals surface area contributed by atoms with Crippen molar-refractivity contribution in [3.05, 3.63) is 30.3 Å². The maximum absolute atomic E-state index is 12.8. The molecule has 2 saturated heterocycles. The Labute approximate surface area is 171 Å². The van der Waals surface area contributed by atoms with Crippen molar-refractivity contribution in [3.8, 4) is 0 Å². The molecule has 3 rings (SSSR count). The molecule has 0 aliphatic carbocycles. The number of hydrogen-bond donors (Lipinski definition) is 1. The van der Waals surface area contributed by atoms with Gasteiger partial charge in [0.1, 0.15) is 10.9 Å². The average Bonchev–Trinajstić information content (AvgIpc) is 2.59. The van der Waals surface area contributed by atoms with Crippen LogP contribution in [0.15, 0.2) is 30.3 Å². The van der Waals surface area contributed by atoms with E-state index in [-0.39, 0.29) is 32.2 Å². The lowest BCUT2D eigenvalue weighted by atomic mass is 10.2. The minimum atomic E-state index is -3.52. The molecule has 2 fully saturated rings. The van der Waals surface area contributed by atoms with Crippen molar-refractivity contribution in [2.24, 2.45) is 0 Å². The van der Waals surface area contributed by atoms with E-state index in [1.807, 2.05) is 18.2 Å². The van der Waals surface area contributed by atoms with Gasteiger partial charge in [-0.25, -0.2) is 18.0 Å². The van der Waals surface area contributed by atoms with Crippen LogP contribution in [0.1, 0.15) is 20.8 Å². The lowest BCUT2D eigenvalue weighted by Gasteiger charge is -2.42. The van der Waals surface area contributed by atoms with Crippen LogP contribution in [0.25, 0.3) is 0 Å². The number of piperazine rings is 1. The molecule has 2 aliphatic rings. The fraction of sp³-hybridized carbons (Fsp3) is 0.579. The number of urea groups is 1. The number of carbonyl (C=O) groups excluding carboxylic acids is 2. The molecule has 0 aromatic heterocycles. The van der Waals surface area contributed by atoms with Gasteiger partial charge in [-0.15, -0.1) is 0 Å². The number of rotatable bonds is 3. The molecule has 0 radical (unpaired) electrons. The molecule has 3 amide bonds. The highest BCUT2D eigenvalue weighted by Gasteiger charge is 2.44. The zero-order chi connectivity index (χ0) is 21.2. The number of carbonyl (C=O) groups is 2. The second-order valence-electron chi connectivity index (χ2n) is 8.23. The van der Waals surface area contributed by atoms with Gasteiger partial charge in [0.2, 0.25) is 10.0 Å². The number of sulfonamides is 1. The molecule has 0 saturated carbocycles. The van der Waals surface area contributed by atoms with E-state index in [4.69, 9.17) is 4.74 Å². The molecule has 1 aromatic rings. The molecular formula is C19H28N4O5S. The van der Waals surface area contributed by atoms with Crippen LogP contribution in [0.4, 0.5) is 15.3 Å². The molecule has 0 atom stereocenters. The van der Waals surface area contributed by atoms with E-state index in [9.17, 15) is 18.0 Å². The number of nitrogens with one attached hydrogen (secondary N) is 1. The van der Waals surface area contributed by atoms with Crippen molar-refractivity contribution in [2.45, 2.75) is 31.6 Å². The first kappa shape index (κ1) is 21.4. The first-order valence-electron chi connectivity index (χ1n) is 9.64. The third kappa shape index (κ3) is 5.18. The van der Waals surface area contributed by atoms with Crippen LogP contribution in [0, 0.1) is 0 Å². The zero-order valence-electron chi connectivity index (χ0n) is 17.0. The van der Waals surface area contributed by atoms with Gasteiger partial charge in [0.05, 0.1) is 0 Å². The molecule has 1 N–H and O–H groups in total. The number of likely N-dealkylation sites (tertiary alicyclic amines) is 1. The highest BCUT2D eigenvalue weighted by molar-refractivity contribution is 7.89. The second-order valence-corrected chi connectivity index (χ2v) is 10.4. The fourth-order valence-corrected chi connectivity index (χ4v) is 5.01. The van der Waals surface area contributed by atoms with Crippen LogP contribution >= 0.6 is 0 Å². The number of amides is 3. The van der Waals surface area contributed by atoms with Gasteiger partial charge in [-0.2, -0.15) is 4.31 Å². The third-order valence-electron chi connectivity index (χ3n) is 4.83. The van der Waals surface area contributed by atoms with Crippen molar-refractivity contribution in [1.29, 1.82) is 0 Å². The van der Waals surface area contributed by atoms with Crippen LogP contribution in [0.5, 0.6) is 0 Å². The van der Waals surface area contributed by atoms with E-state index in [0.29, 0.717) is 18.8 Å². The van der Waals surface area contributed by atoms with Gasteiger partial charge in [-0.05, 0) is 32.9 Å². The van der Waals surface area contributed by atoms with Gasteiger partial charge >= 0.3 is 12.1 Å². The van der Waals surface area contributed by atoms with E-state index >= 15 is 0 Å². The van der Waals surface area contributed by atoms with E-state index in [0.717, 1.165) is 0 Å². The molecule has 2 heterocycles. The van der Waals surface area contributed by atoms with Crippen LogP contribution in [-0.4, -0.2) is 84.8 Å². The summed E-state index contributed by atoms with van der Waals surface area (Å²) in [5.74, 6) is 0. The predicted octanol–water partition coefficient (Wildman–Crippen LogP) is 1.79. The Hall–Kier alpha value is -2.33. The van der Waals surface area contributed by atoms with Gasteiger partial charge < -0.3 is 19.9 Å². The van der Waals surface area contributed by atoms with Crippen molar-refractivity contribution in [3.63, 3.8) is 0 Å². The summed E-state index contributed by atoms with van der Waals surface area (Å²) in [6.45, 7) is 6.74.